The Bertz CT molecular complexity index is 1390. The van der Waals surface area contributed by atoms with Crippen molar-refractivity contribution in [2.75, 3.05) is 7.05 Å². The maximum atomic E-state index is 13.6. The van der Waals surface area contributed by atoms with Crippen molar-refractivity contribution in [2.45, 2.75) is 42.9 Å². The van der Waals surface area contributed by atoms with Crippen LogP contribution in [-0.4, -0.2) is 40.6 Å². The molecule has 0 saturated heterocycles. The summed E-state index contributed by atoms with van der Waals surface area (Å²) in [6.07, 6.45) is -2.07. The van der Waals surface area contributed by atoms with Crippen LogP contribution in [0.2, 0.25) is 0 Å². The monoisotopic (exact) mass is 527 g/mol. The highest BCUT2D eigenvalue weighted by Gasteiger charge is 2.37. The third-order valence-corrected chi connectivity index (χ3v) is 7.73. The molecule has 13 heteroatoms. The first-order chi connectivity index (χ1) is 16.9. The average Bonchev–Trinajstić information content (AvgIpc) is 3.21. The van der Waals surface area contributed by atoms with E-state index in [4.69, 9.17) is 9.84 Å². The summed E-state index contributed by atoms with van der Waals surface area (Å²) < 4.78 is 88.7. The lowest BCUT2D eigenvalue weighted by molar-refractivity contribution is -0.138. The van der Waals surface area contributed by atoms with Crippen molar-refractivity contribution in [3.63, 3.8) is 0 Å². The number of sulfonamides is 1. The molecule has 1 aromatic heterocycles. The van der Waals surface area contributed by atoms with Gasteiger partial charge in [-0.2, -0.15) is 22.6 Å². The van der Waals surface area contributed by atoms with Crippen LogP contribution < -0.4 is 4.74 Å². The molecule has 2 aromatic carbocycles. The maximum absolute atomic E-state index is 13.6. The molecular weight excluding hydrogens is 506 g/mol. The zero-order valence-corrected chi connectivity index (χ0v) is 19.7. The molecule has 1 atom stereocenters. The molecule has 0 fully saturated rings. The Morgan fingerprint density at radius 1 is 1.19 bits per heavy atom. The molecule has 36 heavy (non-hydrogen) atoms. The first-order valence-corrected chi connectivity index (χ1v) is 12.2. The molecule has 0 radical (unpaired) electrons. The molecule has 0 amide bonds. The summed E-state index contributed by atoms with van der Waals surface area (Å²) in [5.41, 5.74) is -0.156. The number of hydrogen-bond acceptors (Lipinski definition) is 5. The number of hydrogen-bond donors (Lipinski definition) is 1. The Hall–Kier alpha value is -3.45. The van der Waals surface area contributed by atoms with Crippen LogP contribution in [0.15, 0.2) is 53.6 Å². The molecule has 1 aliphatic rings. The number of rotatable bonds is 7. The van der Waals surface area contributed by atoms with Crippen LogP contribution >= 0.6 is 0 Å². The van der Waals surface area contributed by atoms with Gasteiger partial charge in [-0.05, 0) is 55.7 Å². The van der Waals surface area contributed by atoms with Gasteiger partial charge in [-0.3, -0.25) is 9.48 Å². The second-order valence-electron chi connectivity index (χ2n) is 8.27. The van der Waals surface area contributed by atoms with E-state index in [1.54, 1.807) is 0 Å². The Kier molecular flexibility index (Phi) is 6.80. The first-order valence-electron chi connectivity index (χ1n) is 10.8. The SMILES string of the molecule is CN([C@@H]1CCCc2c1cnn2CC(=O)O)S(=O)(=O)c1cc(Oc2ccc(F)cc2)cc(C(F)(F)F)c1. The van der Waals surface area contributed by atoms with Crippen molar-refractivity contribution < 1.29 is 40.6 Å². The Labute approximate surface area is 203 Å². The average molecular weight is 527 g/mol. The van der Waals surface area contributed by atoms with E-state index < -0.39 is 51.0 Å². The molecule has 0 unspecified atom stereocenters. The second-order valence-corrected chi connectivity index (χ2v) is 10.3. The molecule has 1 heterocycles. The van der Waals surface area contributed by atoms with Crippen molar-refractivity contribution in [1.29, 1.82) is 0 Å². The standard InChI is InChI=1S/C23H21F4N3O5S/c1-29(20-3-2-4-21-19(20)12-28-30(21)13-22(31)32)36(33,34)18-10-14(23(25,26)27)9-17(11-18)35-16-7-5-15(24)6-8-16/h5-12,20H,2-4,13H2,1H3,(H,31,32)/t20-/m1/s1. The number of fused-ring (bicyclic) bond motifs is 1. The normalized spacial score (nSPS) is 16.1. The molecule has 1 N–H and O–H groups in total. The minimum absolute atomic E-state index is 0.0233. The number of ether oxygens (including phenoxy) is 1. The molecule has 0 aliphatic heterocycles. The van der Waals surface area contributed by atoms with Crippen LogP contribution in [0.25, 0.3) is 0 Å². The zero-order chi connectivity index (χ0) is 26.3. The van der Waals surface area contributed by atoms with E-state index in [-0.39, 0.29) is 11.5 Å². The van der Waals surface area contributed by atoms with Gasteiger partial charge in [-0.15, -0.1) is 0 Å². The van der Waals surface area contributed by atoms with Crippen molar-refractivity contribution in [3.05, 3.63) is 71.3 Å². The lowest BCUT2D eigenvalue weighted by Gasteiger charge is -2.31. The summed E-state index contributed by atoms with van der Waals surface area (Å²) in [5.74, 6) is -2.05. The lowest BCUT2D eigenvalue weighted by Crippen LogP contribution is -2.33. The van der Waals surface area contributed by atoms with E-state index in [0.29, 0.717) is 42.7 Å². The van der Waals surface area contributed by atoms with Crippen LogP contribution in [0.1, 0.15) is 35.7 Å². The minimum atomic E-state index is -4.86. The highest BCUT2D eigenvalue weighted by Crippen LogP contribution is 2.39. The van der Waals surface area contributed by atoms with E-state index in [2.05, 4.69) is 5.10 Å². The first kappa shape index (κ1) is 25.6. The van der Waals surface area contributed by atoms with Crippen molar-refractivity contribution >= 4 is 16.0 Å². The van der Waals surface area contributed by atoms with Gasteiger partial charge in [0.1, 0.15) is 23.9 Å². The highest BCUT2D eigenvalue weighted by molar-refractivity contribution is 7.89. The number of carboxylic acid groups (broad SMARTS) is 1. The van der Waals surface area contributed by atoms with Gasteiger partial charge in [0.05, 0.1) is 22.7 Å². The maximum Gasteiger partial charge on any atom is 0.416 e. The minimum Gasteiger partial charge on any atom is -0.480 e. The quantitative estimate of drug-likeness (QED) is 0.450. The number of halogens is 4. The van der Waals surface area contributed by atoms with E-state index in [1.807, 2.05) is 0 Å². The summed E-state index contributed by atoms with van der Waals surface area (Å²) in [6, 6.07) is 5.93. The fourth-order valence-corrected chi connectivity index (χ4v) is 5.58. The topological polar surface area (TPSA) is 102 Å². The second kappa shape index (κ2) is 9.54. The van der Waals surface area contributed by atoms with E-state index >= 15 is 0 Å². The van der Waals surface area contributed by atoms with Gasteiger partial charge >= 0.3 is 12.1 Å². The molecule has 192 valence electrons. The largest absolute Gasteiger partial charge is 0.480 e. The summed E-state index contributed by atoms with van der Waals surface area (Å²) in [7, 11) is -3.21. The van der Waals surface area contributed by atoms with Crippen LogP contribution in [0, 0.1) is 5.82 Å². The summed E-state index contributed by atoms with van der Waals surface area (Å²) in [5, 5.41) is 13.1. The van der Waals surface area contributed by atoms with Gasteiger partial charge in [0.15, 0.2) is 0 Å². The Morgan fingerprint density at radius 2 is 1.89 bits per heavy atom. The van der Waals surface area contributed by atoms with E-state index in [9.17, 15) is 30.8 Å². The predicted octanol–water partition coefficient (Wildman–Crippen LogP) is 4.62. The van der Waals surface area contributed by atoms with Crippen molar-refractivity contribution in [1.82, 2.24) is 14.1 Å². The molecule has 3 aromatic rings. The van der Waals surface area contributed by atoms with Gasteiger partial charge in [-0.25, -0.2) is 12.8 Å². The van der Waals surface area contributed by atoms with Gasteiger partial charge in [0, 0.05) is 24.4 Å². The van der Waals surface area contributed by atoms with Crippen LogP contribution in [-0.2, 0) is 34.0 Å². The molecule has 8 nitrogen and oxygen atoms in total. The van der Waals surface area contributed by atoms with Crippen LogP contribution in [0.3, 0.4) is 0 Å². The molecular formula is C23H21F4N3O5S. The molecule has 4 rings (SSSR count). The number of aliphatic carboxylic acids is 1. The van der Waals surface area contributed by atoms with Crippen LogP contribution in [0.5, 0.6) is 11.5 Å². The third-order valence-electron chi connectivity index (χ3n) is 5.89. The van der Waals surface area contributed by atoms with Gasteiger partial charge in [-0.1, -0.05) is 0 Å². The smallest absolute Gasteiger partial charge is 0.416 e. The fraction of sp³-hybridized carbons (Fsp3) is 0.304. The fourth-order valence-electron chi connectivity index (χ4n) is 4.15. The zero-order valence-electron chi connectivity index (χ0n) is 18.9. The molecule has 0 spiro atoms. The summed E-state index contributed by atoms with van der Waals surface area (Å²) >= 11 is 0. The van der Waals surface area contributed by atoms with Crippen molar-refractivity contribution in [2.24, 2.45) is 0 Å². The molecule has 1 aliphatic carbocycles. The van der Waals surface area contributed by atoms with Crippen molar-refractivity contribution in [3.8, 4) is 11.5 Å². The number of nitrogens with zero attached hydrogens (tertiary/aromatic N) is 3. The molecule has 0 bridgehead atoms. The number of carboxylic acids is 1. The number of carbonyl (C=O) groups is 1. The number of benzene rings is 2. The van der Waals surface area contributed by atoms with Gasteiger partial charge in [0.2, 0.25) is 10.0 Å². The lowest BCUT2D eigenvalue weighted by atomic mass is 9.93. The summed E-state index contributed by atoms with van der Waals surface area (Å²) in [6.45, 7) is -0.393. The predicted molar refractivity (Wildman–Crippen MR) is 118 cm³/mol. The van der Waals surface area contributed by atoms with E-state index in [0.717, 1.165) is 22.5 Å². The van der Waals surface area contributed by atoms with Gasteiger partial charge in [0.25, 0.3) is 0 Å². The summed E-state index contributed by atoms with van der Waals surface area (Å²) in [4.78, 5) is 10.5. The molecule has 0 saturated carbocycles. The highest BCUT2D eigenvalue weighted by atomic mass is 32.2. The number of alkyl halides is 3. The number of aromatic nitrogens is 2. The van der Waals surface area contributed by atoms with Gasteiger partial charge < -0.3 is 9.84 Å². The van der Waals surface area contributed by atoms with E-state index in [1.165, 1.54) is 30.1 Å². The van der Waals surface area contributed by atoms with Crippen LogP contribution in [0.4, 0.5) is 17.6 Å². The Morgan fingerprint density at radius 3 is 2.53 bits per heavy atom. The Balaban J connectivity index is 1.72. The third kappa shape index (κ3) is 5.21.